The first-order valence-electron chi connectivity index (χ1n) is 7.19. The van der Waals surface area contributed by atoms with Crippen LogP contribution in [-0.4, -0.2) is 19.7 Å². The molecule has 25 heavy (non-hydrogen) atoms. The van der Waals surface area contributed by atoms with E-state index < -0.39 is 11.0 Å². The van der Waals surface area contributed by atoms with Crippen molar-refractivity contribution in [1.82, 2.24) is 14.5 Å². The third kappa shape index (κ3) is 2.38. The van der Waals surface area contributed by atoms with Crippen LogP contribution in [0.15, 0.2) is 58.3 Å². The zero-order valence-corrected chi connectivity index (χ0v) is 14.0. The van der Waals surface area contributed by atoms with E-state index in [-0.39, 0.29) is 21.8 Å². The van der Waals surface area contributed by atoms with Crippen molar-refractivity contribution in [2.75, 3.05) is 0 Å². The molecule has 0 saturated heterocycles. The molecule has 124 valence electrons. The second kappa shape index (κ2) is 5.61. The normalized spacial score (nSPS) is 11.3. The number of pyridine rings is 1. The minimum atomic E-state index is -0.638. The average molecular weight is 374 g/mol. The Morgan fingerprint density at radius 3 is 2.32 bits per heavy atom. The number of benzene rings is 2. The summed E-state index contributed by atoms with van der Waals surface area (Å²) < 4.78 is 1.76. The molecule has 0 spiro atoms. The van der Waals surface area contributed by atoms with Crippen LogP contribution < -0.4 is 11.0 Å². The number of halogens is 2. The molecule has 2 aromatic heterocycles. The average Bonchev–Trinajstić information content (AvgIpc) is 2.60. The van der Waals surface area contributed by atoms with E-state index in [1.807, 2.05) is 0 Å². The van der Waals surface area contributed by atoms with E-state index in [2.05, 4.69) is 5.10 Å². The number of nitrogens with zero attached hydrogens (tertiary/aromatic N) is 3. The summed E-state index contributed by atoms with van der Waals surface area (Å²) in [5.41, 5.74) is -0.614. The lowest BCUT2D eigenvalue weighted by atomic mass is 10.1. The van der Waals surface area contributed by atoms with Gasteiger partial charge in [-0.15, -0.1) is 0 Å². The lowest BCUT2D eigenvalue weighted by Gasteiger charge is -2.10. The maximum atomic E-state index is 12.8. The lowest BCUT2D eigenvalue weighted by Crippen LogP contribution is -2.26. The Labute approximate surface area is 150 Å². The van der Waals surface area contributed by atoms with Gasteiger partial charge in [0.15, 0.2) is 10.9 Å². The van der Waals surface area contributed by atoms with Crippen molar-refractivity contribution in [2.24, 2.45) is 0 Å². The molecule has 6 nitrogen and oxygen atoms in total. The molecule has 2 heterocycles. The molecule has 0 amide bonds. The first-order valence-corrected chi connectivity index (χ1v) is 7.94. The second-order valence-corrected chi connectivity index (χ2v) is 6.28. The summed E-state index contributed by atoms with van der Waals surface area (Å²) in [4.78, 5) is 25.5. The van der Waals surface area contributed by atoms with Gasteiger partial charge in [0.2, 0.25) is 0 Å². The SMILES string of the molecule is O=c1c2ccc(Cl)cc2n(O)c2c(=O)n(-c3ccc(Cl)cc3)ncc12. The zero-order valence-electron chi connectivity index (χ0n) is 12.5. The predicted octanol–water partition coefficient (Wildman–Crippen LogP) is 3.24. The van der Waals surface area contributed by atoms with Gasteiger partial charge in [0, 0.05) is 15.4 Å². The fourth-order valence-corrected chi connectivity index (χ4v) is 3.01. The van der Waals surface area contributed by atoms with Crippen LogP contribution in [0.25, 0.3) is 27.5 Å². The van der Waals surface area contributed by atoms with Gasteiger partial charge in [-0.3, -0.25) is 9.59 Å². The molecule has 0 aliphatic rings. The molecule has 0 saturated carbocycles. The Bertz CT molecular complexity index is 1260. The summed E-state index contributed by atoms with van der Waals surface area (Å²) in [6.45, 7) is 0. The van der Waals surface area contributed by atoms with Crippen LogP contribution in [0.5, 0.6) is 0 Å². The van der Waals surface area contributed by atoms with E-state index in [1.54, 1.807) is 30.3 Å². The van der Waals surface area contributed by atoms with Crippen molar-refractivity contribution in [1.29, 1.82) is 0 Å². The minimum absolute atomic E-state index is 0.0209. The quantitative estimate of drug-likeness (QED) is 0.410. The molecule has 0 aliphatic heterocycles. The van der Waals surface area contributed by atoms with Crippen molar-refractivity contribution in [2.45, 2.75) is 0 Å². The standard InChI is InChI=1S/C17H9Cl2N3O3/c18-9-1-4-11(5-2-9)21-17(24)15-13(8-20-21)16(23)12-6-3-10(19)7-14(12)22(15)25/h1-8,25H. The molecular formula is C17H9Cl2N3O3. The summed E-state index contributed by atoms with van der Waals surface area (Å²) in [5.74, 6) is 0. The van der Waals surface area contributed by atoms with Crippen molar-refractivity contribution < 1.29 is 5.21 Å². The Morgan fingerprint density at radius 2 is 1.60 bits per heavy atom. The monoisotopic (exact) mass is 373 g/mol. The van der Waals surface area contributed by atoms with E-state index in [9.17, 15) is 14.8 Å². The van der Waals surface area contributed by atoms with Crippen LogP contribution in [0.3, 0.4) is 0 Å². The van der Waals surface area contributed by atoms with Crippen LogP contribution >= 0.6 is 23.2 Å². The van der Waals surface area contributed by atoms with Gasteiger partial charge in [-0.05, 0) is 42.5 Å². The van der Waals surface area contributed by atoms with Gasteiger partial charge >= 0.3 is 0 Å². The molecule has 0 fully saturated rings. The van der Waals surface area contributed by atoms with Gasteiger partial charge in [0.25, 0.3) is 5.56 Å². The number of fused-ring (bicyclic) bond motifs is 2. The summed E-state index contributed by atoms with van der Waals surface area (Å²) in [6.07, 6.45) is 1.26. The highest BCUT2D eigenvalue weighted by Gasteiger charge is 2.16. The highest BCUT2D eigenvalue weighted by Crippen LogP contribution is 2.20. The largest absolute Gasteiger partial charge is 0.428 e. The van der Waals surface area contributed by atoms with Gasteiger partial charge in [0.05, 0.1) is 22.8 Å². The first kappa shape index (κ1) is 15.7. The van der Waals surface area contributed by atoms with Crippen molar-refractivity contribution in [3.8, 4) is 5.69 Å². The predicted molar refractivity (Wildman–Crippen MR) is 96.3 cm³/mol. The summed E-state index contributed by atoms with van der Waals surface area (Å²) in [5, 5.41) is 15.7. The van der Waals surface area contributed by atoms with Crippen molar-refractivity contribution >= 4 is 45.0 Å². The van der Waals surface area contributed by atoms with Crippen molar-refractivity contribution in [3.05, 3.63) is 79.3 Å². The van der Waals surface area contributed by atoms with E-state index in [0.717, 1.165) is 4.68 Å². The maximum Gasteiger partial charge on any atom is 0.299 e. The molecule has 4 rings (SSSR count). The minimum Gasteiger partial charge on any atom is -0.428 e. The summed E-state index contributed by atoms with van der Waals surface area (Å²) in [6, 6.07) is 10.9. The highest BCUT2D eigenvalue weighted by atomic mass is 35.5. The van der Waals surface area contributed by atoms with Crippen molar-refractivity contribution in [3.63, 3.8) is 0 Å². The summed E-state index contributed by atoms with van der Waals surface area (Å²) >= 11 is 11.8. The Balaban J connectivity index is 2.15. The first-order chi connectivity index (χ1) is 12.0. The van der Waals surface area contributed by atoms with E-state index >= 15 is 0 Å². The summed E-state index contributed by atoms with van der Waals surface area (Å²) in [7, 11) is 0. The third-order valence-electron chi connectivity index (χ3n) is 3.91. The Hall–Kier alpha value is -2.83. The number of aromatic nitrogens is 3. The van der Waals surface area contributed by atoms with Gasteiger partial charge in [-0.1, -0.05) is 23.2 Å². The number of hydrogen-bond donors (Lipinski definition) is 1. The molecule has 0 unspecified atom stereocenters. The molecule has 0 bridgehead atoms. The molecule has 0 atom stereocenters. The van der Waals surface area contributed by atoms with E-state index in [4.69, 9.17) is 23.2 Å². The van der Waals surface area contributed by atoms with Gasteiger partial charge in [-0.25, -0.2) is 0 Å². The highest BCUT2D eigenvalue weighted by molar-refractivity contribution is 6.31. The molecule has 0 radical (unpaired) electrons. The fraction of sp³-hybridized carbons (Fsp3) is 0. The molecule has 2 aromatic carbocycles. The smallest absolute Gasteiger partial charge is 0.299 e. The fourth-order valence-electron chi connectivity index (χ4n) is 2.72. The molecule has 0 aliphatic carbocycles. The molecule has 1 N–H and O–H groups in total. The van der Waals surface area contributed by atoms with E-state index in [0.29, 0.717) is 20.5 Å². The third-order valence-corrected chi connectivity index (χ3v) is 4.40. The van der Waals surface area contributed by atoms with Gasteiger partial charge < -0.3 is 5.21 Å². The zero-order chi connectivity index (χ0) is 17.7. The van der Waals surface area contributed by atoms with Crippen LogP contribution in [0.1, 0.15) is 0 Å². The Kier molecular flexibility index (Phi) is 3.52. The van der Waals surface area contributed by atoms with Crippen LogP contribution in [0.4, 0.5) is 0 Å². The van der Waals surface area contributed by atoms with Gasteiger partial charge in [0.1, 0.15) is 0 Å². The Morgan fingerprint density at radius 1 is 0.920 bits per heavy atom. The van der Waals surface area contributed by atoms with Crippen LogP contribution in [-0.2, 0) is 0 Å². The second-order valence-electron chi connectivity index (χ2n) is 5.40. The number of hydrogen-bond acceptors (Lipinski definition) is 4. The molecule has 8 heteroatoms. The molecular weight excluding hydrogens is 365 g/mol. The van der Waals surface area contributed by atoms with Gasteiger partial charge in [-0.2, -0.15) is 14.5 Å². The number of rotatable bonds is 1. The van der Waals surface area contributed by atoms with Crippen LogP contribution in [0, 0.1) is 0 Å². The van der Waals surface area contributed by atoms with Crippen LogP contribution in [0.2, 0.25) is 10.0 Å². The topological polar surface area (TPSA) is 77.1 Å². The lowest BCUT2D eigenvalue weighted by molar-refractivity contribution is 0.210. The van der Waals surface area contributed by atoms with E-state index in [1.165, 1.54) is 18.3 Å². The molecule has 4 aromatic rings. The maximum absolute atomic E-state index is 12.8.